The average Bonchev–Trinajstić information content (AvgIpc) is 3.29. The molecule has 162 valence electrons. The van der Waals surface area contributed by atoms with Gasteiger partial charge in [-0.15, -0.1) is 0 Å². The molecule has 0 aliphatic rings. The summed E-state index contributed by atoms with van der Waals surface area (Å²) in [5.74, 6) is 0.489. The highest BCUT2D eigenvalue weighted by Crippen LogP contribution is 2.27. The molecule has 33 heavy (non-hydrogen) atoms. The van der Waals surface area contributed by atoms with Crippen molar-refractivity contribution in [1.29, 1.82) is 0 Å². The van der Waals surface area contributed by atoms with Crippen LogP contribution in [0, 0.1) is 6.92 Å². The van der Waals surface area contributed by atoms with E-state index in [2.05, 4.69) is 41.7 Å². The van der Waals surface area contributed by atoms with E-state index in [1.54, 1.807) is 12.3 Å². The summed E-state index contributed by atoms with van der Waals surface area (Å²) in [6.07, 6.45) is 1.62. The number of nitrogens with zero attached hydrogens (tertiary/aromatic N) is 1. The van der Waals surface area contributed by atoms with Crippen molar-refractivity contribution in [3.05, 3.63) is 113 Å². The molecule has 0 unspecified atom stereocenters. The quantitative estimate of drug-likeness (QED) is 0.254. The minimum Gasteiger partial charge on any atom is -0.488 e. The summed E-state index contributed by atoms with van der Waals surface area (Å²) in [7, 11) is 0. The van der Waals surface area contributed by atoms with Gasteiger partial charge < -0.3 is 9.15 Å². The number of nitrogens with one attached hydrogen (secondary N) is 1. The fourth-order valence-corrected chi connectivity index (χ4v) is 3.68. The number of aryl methyl sites for hydroxylation is 1. The summed E-state index contributed by atoms with van der Waals surface area (Å²) in [5.41, 5.74) is 6.30. The van der Waals surface area contributed by atoms with Crippen LogP contribution in [0.25, 0.3) is 21.7 Å². The van der Waals surface area contributed by atoms with Crippen LogP contribution in [0.3, 0.4) is 0 Å². The number of amides is 1. The van der Waals surface area contributed by atoms with Crippen LogP contribution in [0.2, 0.25) is 0 Å². The van der Waals surface area contributed by atoms with Gasteiger partial charge in [-0.25, -0.2) is 5.43 Å². The van der Waals surface area contributed by atoms with Gasteiger partial charge in [0.2, 0.25) is 0 Å². The number of hydrogen-bond donors (Lipinski definition) is 1. The number of para-hydroxylation sites is 1. The number of hydrogen-bond acceptors (Lipinski definition) is 4. The maximum absolute atomic E-state index is 12.5. The lowest BCUT2D eigenvalue weighted by Crippen LogP contribution is -2.16. The summed E-state index contributed by atoms with van der Waals surface area (Å²) >= 11 is 0. The fraction of sp³-hybridized carbons (Fsp3) is 0.0714. The molecule has 0 aliphatic carbocycles. The zero-order chi connectivity index (χ0) is 22.6. The van der Waals surface area contributed by atoms with Gasteiger partial charge in [-0.1, -0.05) is 78.4 Å². The molecule has 4 aromatic carbocycles. The summed E-state index contributed by atoms with van der Waals surface area (Å²) in [4.78, 5) is 12.5. The highest BCUT2D eigenvalue weighted by molar-refractivity contribution is 6.03. The van der Waals surface area contributed by atoms with Crippen LogP contribution in [0.15, 0.2) is 101 Å². The molecular weight excluding hydrogens is 412 g/mol. The second-order valence-corrected chi connectivity index (χ2v) is 7.82. The van der Waals surface area contributed by atoms with E-state index in [-0.39, 0.29) is 5.76 Å². The van der Waals surface area contributed by atoms with E-state index in [0.29, 0.717) is 17.9 Å². The third-order valence-corrected chi connectivity index (χ3v) is 5.45. The van der Waals surface area contributed by atoms with Crippen LogP contribution >= 0.6 is 0 Å². The summed E-state index contributed by atoms with van der Waals surface area (Å²) in [6, 6.07) is 29.4. The van der Waals surface area contributed by atoms with E-state index in [1.165, 1.54) is 5.56 Å². The average molecular weight is 434 g/mol. The van der Waals surface area contributed by atoms with Crippen molar-refractivity contribution in [3.63, 3.8) is 0 Å². The molecule has 5 heteroatoms. The van der Waals surface area contributed by atoms with E-state index >= 15 is 0 Å². The Hall–Kier alpha value is -4.38. The number of ether oxygens (including phenoxy) is 1. The Morgan fingerprint density at radius 1 is 0.939 bits per heavy atom. The Kier molecular flexibility index (Phi) is 5.60. The van der Waals surface area contributed by atoms with E-state index in [9.17, 15) is 4.79 Å². The molecule has 0 bridgehead atoms. The van der Waals surface area contributed by atoms with Gasteiger partial charge in [0.15, 0.2) is 5.76 Å². The standard InChI is InChI=1S/C28H22N2O3/c1-19-10-12-20(13-11-19)18-32-26-15-14-21-6-2-4-8-23(21)24(26)17-29-30-28(31)27-16-22-7-3-5-9-25(22)33-27/h2-17H,18H2,1H3,(H,30,31)/b29-17+. The van der Waals surface area contributed by atoms with Gasteiger partial charge in [-0.05, 0) is 41.5 Å². The van der Waals surface area contributed by atoms with Crippen molar-refractivity contribution in [2.75, 3.05) is 0 Å². The van der Waals surface area contributed by atoms with Gasteiger partial charge in [-0.2, -0.15) is 5.10 Å². The lowest BCUT2D eigenvalue weighted by molar-refractivity contribution is 0.0929. The molecule has 5 rings (SSSR count). The van der Waals surface area contributed by atoms with Crippen LogP contribution in [-0.4, -0.2) is 12.1 Å². The van der Waals surface area contributed by atoms with Gasteiger partial charge in [-0.3, -0.25) is 4.79 Å². The molecule has 5 aromatic rings. The van der Waals surface area contributed by atoms with E-state index in [1.807, 2.05) is 60.7 Å². The number of carbonyl (C=O) groups excluding carboxylic acids is 1. The second kappa shape index (κ2) is 9.01. The van der Waals surface area contributed by atoms with Crippen molar-refractivity contribution < 1.29 is 13.9 Å². The fourth-order valence-electron chi connectivity index (χ4n) is 3.68. The van der Waals surface area contributed by atoms with Gasteiger partial charge in [0.05, 0.1) is 6.21 Å². The minimum absolute atomic E-state index is 0.210. The molecule has 1 heterocycles. The number of furan rings is 1. The molecule has 0 radical (unpaired) electrons. The smallest absolute Gasteiger partial charge is 0.307 e. The third kappa shape index (κ3) is 4.48. The van der Waals surface area contributed by atoms with Crippen molar-refractivity contribution in [3.8, 4) is 5.75 Å². The summed E-state index contributed by atoms with van der Waals surface area (Å²) in [5, 5.41) is 7.12. The molecule has 0 spiro atoms. The molecule has 1 N–H and O–H groups in total. The maximum atomic E-state index is 12.5. The Morgan fingerprint density at radius 3 is 2.52 bits per heavy atom. The molecule has 0 atom stereocenters. The van der Waals surface area contributed by atoms with Gasteiger partial charge in [0.25, 0.3) is 0 Å². The summed E-state index contributed by atoms with van der Waals surface area (Å²) < 4.78 is 11.7. The van der Waals surface area contributed by atoms with Crippen molar-refractivity contribution in [2.24, 2.45) is 5.10 Å². The molecule has 0 aliphatic heterocycles. The Morgan fingerprint density at radius 2 is 1.70 bits per heavy atom. The van der Waals surface area contributed by atoms with Crippen molar-refractivity contribution in [1.82, 2.24) is 5.43 Å². The van der Waals surface area contributed by atoms with Crippen molar-refractivity contribution >= 4 is 33.9 Å². The normalized spacial score (nSPS) is 11.3. The number of hydrazone groups is 1. The monoisotopic (exact) mass is 434 g/mol. The molecule has 5 nitrogen and oxygen atoms in total. The highest BCUT2D eigenvalue weighted by atomic mass is 16.5. The largest absolute Gasteiger partial charge is 0.488 e. The number of benzene rings is 4. The van der Waals surface area contributed by atoms with E-state index in [0.717, 1.165) is 27.3 Å². The first-order valence-electron chi connectivity index (χ1n) is 10.7. The molecular formula is C28H22N2O3. The predicted octanol–water partition coefficient (Wildman–Crippen LogP) is 6.24. The van der Waals surface area contributed by atoms with Crippen LogP contribution < -0.4 is 10.2 Å². The number of rotatable bonds is 6. The third-order valence-electron chi connectivity index (χ3n) is 5.45. The zero-order valence-electron chi connectivity index (χ0n) is 18.1. The van der Waals surface area contributed by atoms with Crippen LogP contribution in [0.1, 0.15) is 27.2 Å². The van der Waals surface area contributed by atoms with Crippen LogP contribution in [-0.2, 0) is 6.61 Å². The Balaban J connectivity index is 1.39. The van der Waals surface area contributed by atoms with Gasteiger partial charge >= 0.3 is 5.91 Å². The first kappa shape index (κ1) is 20.5. The van der Waals surface area contributed by atoms with Crippen LogP contribution in [0.5, 0.6) is 5.75 Å². The first-order chi connectivity index (χ1) is 16.2. The SMILES string of the molecule is Cc1ccc(COc2ccc3ccccc3c2/C=N/NC(=O)c2cc3ccccc3o2)cc1. The summed E-state index contributed by atoms with van der Waals surface area (Å²) in [6.45, 7) is 2.49. The molecule has 0 fully saturated rings. The van der Waals surface area contributed by atoms with Gasteiger partial charge in [0, 0.05) is 10.9 Å². The molecule has 0 saturated heterocycles. The maximum Gasteiger partial charge on any atom is 0.307 e. The Labute approximate surface area is 191 Å². The lowest BCUT2D eigenvalue weighted by Gasteiger charge is -2.12. The Bertz CT molecular complexity index is 1430. The highest BCUT2D eigenvalue weighted by Gasteiger charge is 2.12. The molecule has 1 amide bonds. The zero-order valence-corrected chi connectivity index (χ0v) is 18.1. The topological polar surface area (TPSA) is 63.8 Å². The molecule has 0 saturated carbocycles. The first-order valence-corrected chi connectivity index (χ1v) is 10.7. The van der Waals surface area contributed by atoms with E-state index in [4.69, 9.17) is 9.15 Å². The minimum atomic E-state index is -0.412. The van der Waals surface area contributed by atoms with Crippen molar-refractivity contribution in [2.45, 2.75) is 13.5 Å². The van der Waals surface area contributed by atoms with Crippen LogP contribution in [0.4, 0.5) is 0 Å². The number of fused-ring (bicyclic) bond motifs is 2. The lowest BCUT2D eigenvalue weighted by atomic mass is 10.0. The van der Waals surface area contributed by atoms with Gasteiger partial charge in [0.1, 0.15) is 17.9 Å². The van der Waals surface area contributed by atoms with E-state index < -0.39 is 5.91 Å². The second-order valence-electron chi connectivity index (χ2n) is 7.82. The number of carbonyl (C=O) groups is 1. The molecule has 1 aromatic heterocycles. The predicted molar refractivity (Wildman–Crippen MR) is 131 cm³/mol.